The van der Waals surface area contributed by atoms with Crippen LogP contribution in [-0.4, -0.2) is 4.98 Å². The van der Waals surface area contributed by atoms with Gasteiger partial charge in [-0.3, -0.25) is 0 Å². The van der Waals surface area contributed by atoms with Crippen LogP contribution in [-0.2, 0) is 6.42 Å². The number of fused-ring (bicyclic) bond motifs is 1. The van der Waals surface area contributed by atoms with Gasteiger partial charge in [0, 0.05) is 22.3 Å². The number of nitrogens with one attached hydrogen (secondary N) is 1. The van der Waals surface area contributed by atoms with Crippen LogP contribution in [0.2, 0.25) is 0 Å². The first-order valence-electron chi connectivity index (χ1n) is 5.66. The Bertz CT molecular complexity index is 443. The number of aromatic nitrogens is 1. The van der Waals surface area contributed by atoms with Gasteiger partial charge in [0.1, 0.15) is 0 Å². The molecule has 0 fully saturated rings. The summed E-state index contributed by atoms with van der Waals surface area (Å²) in [5.74, 6) is 0. The van der Waals surface area contributed by atoms with E-state index in [0.717, 1.165) is 12.1 Å². The van der Waals surface area contributed by atoms with Crippen molar-refractivity contribution in [3.8, 4) is 0 Å². The summed E-state index contributed by atoms with van der Waals surface area (Å²) in [7, 11) is 0. The van der Waals surface area contributed by atoms with Gasteiger partial charge in [0.15, 0.2) is 0 Å². The van der Waals surface area contributed by atoms with E-state index in [1.807, 2.05) is 18.2 Å². The zero-order valence-corrected chi connectivity index (χ0v) is 9.22. The molecular weight excluding hydrogens is 184 g/mol. The van der Waals surface area contributed by atoms with Crippen LogP contribution in [0.15, 0.2) is 24.3 Å². The van der Waals surface area contributed by atoms with Crippen molar-refractivity contribution in [3.05, 3.63) is 30.0 Å². The molecule has 1 aromatic carbocycles. The second kappa shape index (κ2) is 4.39. The summed E-state index contributed by atoms with van der Waals surface area (Å²) in [5, 5.41) is 1.22. The first kappa shape index (κ1) is 10.1. The lowest BCUT2D eigenvalue weighted by molar-refractivity contribution is 0.710. The Morgan fingerprint density at radius 2 is 2.07 bits per heavy atom. The summed E-state index contributed by atoms with van der Waals surface area (Å²) in [4.78, 5) is 3.43. The van der Waals surface area contributed by atoms with Crippen LogP contribution in [0.4, 0.5) is 5.69 Å². The minimum absolute atomic E-state index is 0.835. The van der Waals surface area contributed by atoms with Crippen molar-refractivity contribution >= 4 is 16.6 Å². The fourth-order valence-corrected chi connectivity index (χ4v) is 1.91. The smallest absolute Gasteiger partial charge is 0.0457 e. The molecule has 0 radical (unpaired) electrons. The number of rotatable bonds is 4. The fraction of sp³-hybridized carbons (Fsp3) is 0.385. The maximum atomic E-state index is 5.74. The summed E-state index contributed by atoms with van der Waals surface area (Å²) >= 11 is 0. The number of nitrogens with two attached hydrogens (primary N) is 1. The Hall–Kier alpha value is -1.44. The lowest BCUT2D eigenvalue weighted by Crippen LogP contribution is -1.84. The number of hydrogen-bond donors (Lipinski definition) is 2. The number of unbranched alkanes of at least 4 members (excludes halogenated alkanes) is 2. The summed E-state index contributed by atoms with van der Waals surface area (Å²) in [6.45, 7) is 2.23. The standard InChI is InChI=1S/C13H18N2/c1-2-3-4-5-12-9-10-8-11(14)6-7-13(10)15-12/h6-9,15H,2-5,14H2,1H3. The molecule has 80 valence electrons. The van der Waals surface area contributed by atoms with Crippen LogP contribution in [0.5, 0.6) is 0 Å². The van der Waals surface area contributed by atoms with E-state index in [1.165, 1.54) is 35.9 Å². The molecule has 0 saturated carbocycles. The molecule has 1 heterocycles. The Morgan fingerprint density at radius 3 is 2.87 bits per heavy atom. The van der Waals surface area contributed by atoms with Crippen LogP contribution in [0, 0.1) is 0 Å². The Labute approximate surface area is 90.5 Å². The van der Waals surface area contributed by atoms with Crippen LogP contribution < -0.4 is 5.73 Å². The van der Waals surface area contributed by atoms with E-state index in [4.69, 9.17) is 5.73 Å². The van der Waals surface area contributed by atoms with Crippen molar-refractivity contribution in [1.29, 1.82) is 0 Å². The van der Waals surface area contributed by atoms with E-state index in [9.17, 15) is 0 Å². The van der Waals surface area contributed by atoms with E-state index >= 15 is 0 Å². The highest BCUT2D eigenvalue weighted by Gasteiger charge is 2.00. The first-order valence-corrected chi connectivity index (χ1v) is 5.66. The van der Waals surface area contributed by atoms with Crippen molar-refractivity contribution < 1.29 is 0 Å². The van der Waals surface area contributed by atoms with Crippen LogP contribution in [0.25, 0.3) is 10.9 Å². The number of H-pyrrole nitrogens is 1. The molecule has 0 spiro atoms. The molecule has 2 aromatic rings. The molecule has 0 amide bonds. The molecule has 3 N–H and O–H groups in total. The average Bonchev–Trinajstić information content (AvgIpc) is 2.60. The number of anilines is 1. The second-order valence-electron chi connectivity index (χ2n) is 4.10. The zero-order chi connectivity index (χ0) is 10.7. The molecule has 2 heteroatoms. The van der Waals surface area contributed by atoms with Gasteiger partial charge >= 0.3 is 0 Å². The quantitative estimate of drug-likeness (QED) is 0.578. The van der Waals surface area contributed by atoms with Crippen LogP contribution in [0.1, 0.15) is 31.9 Å². The third-order valence-electron chi connectivity index (χ3n) is 2.75. The van der Waals surface area contributed by atoms with Gasteiger partial charge in [-0.05, 0) is 37.1 Å². The van der Waals surface area contributed by atoms with Crippen molar-refractivity contribution in [3.63, 3.8) is 0 Å². The predicted octanol–water partition coefficient (Wildman–Crippen LogP) is 3.48. The number of hydrogen-bond acceptors (Lipinski definition) is 1. The third-order valence-corrected chi connectivity index (χ3v) is 2.75. The van der Waals surface area contributed by atoms with Gasteiger partial charge in [-0.1, -0.05) is 19.8 Å². The lowest BCUT2D eigenvalue weighted by Gasteiger charge is -1.95. The Morgan fingerprint density at radius 1 is 1.20 bits per heavy atom. The average molecular weight is 202 g/mol. The molecule has 0 saturated heterocycles. The van der Waals surface area contributed by atoms with Gasteiger partial charge in [-0.25, -0.2) is 0 Å². The molecule has 0 unspecified atom stereocenters. The molecule has 15 heavy (non-hydrogen) atoms. The van der Waals surface area contributed by atoms with Gasteiger partial charge in [-0.15, -0.1) is 0 Å². The predicted molar refractivity (Wildman–Crippen MR) is 65.9 cm³/mol. The monoisotopic (exact) mass is 202 g/mol. The SMILES string of the molecule is CCCCCc1cc2cc(N)ccc2[nH]1. The van der Waals surface area contributed by atoms with Gasteiger partial charge in [0.25, 0.3) is 0 Å². The Kier molecular flexibility index (Phi) is 2.95. The maximum Gasteiger partial charge on any atom is 0.0457 e. The second-order valence-corrected chi connectivity index (χ2v) is 4.10. The van der Waals surface area contributed by atoms with Crippen molar-refractivity contribution in [2.75, 3.05) is 5.73 Å². The van der Waals surface area contributed by atoms with Gasteiger partial charge in [-0.2, -0.15) is 0 Å². The molecule has 0 aliphatic heterocycles. The molecule has 0 atom stereocenters. The van der Waals surface area contributed by atoms with Crippen molar-refractivity contribution in [1.82, 2.24) is 4.98 Å². The molecule has 1 aromatic heterocycles. The first-order chi connectivity index (χ1) is 7.29. The topological polar surface area (TPSA) is 41.8 Å². The van der Waals surface area contributed by atoms with Gasteiger partial charge in [0.2, 0.25) is 0 Å². The summed E-state index contributed by atoms with van der Waals surface area (Å²) < 4.78 is 0. The molecule has 0 aliphatic rings. The third kappa shape index (κ3) is 2.32. The van der Waals surface area contributed by atoms with E-state index < -0.39 is 0 Å². The van der Waals surface area contributed by atoms with E-state index in [2.05, 4.69) is 18.0 Å². The summed E-state index contributed by atoms with van der Waals surface area (Å²) in [5.41, 5.74) is 9.09. The molecule has 2 rings (SSSR count). The Balaban J connectivity index is 2.16. The highest BCUT2D eigenvalue weighted by molar-refractivity contribution is 5.83. The highest BCUT2D eigenvalue weighted by atomic mass is 14.7. The molecule has 0 bridgehead atoms. The lowest BCUT2D eigenvalue weighted by atomic mass is 10.1. The number of aryl methyl sites for hydroxylation is 1. The fourth-order valence-electron chi connectivity index (χ4n) is 1.91. The number of aromatic amines is 1. The zero-order valence-electron chi connectivity index (χ0n) is 9.22. The molecular formula is C13H18N2. The van der Waals surface area contributed by atoms with E-state index in [1.54, 1.807) is 0 Å². The normalized spacial score (nSPS) is 11.0. The summed E-state index contributed by atoms with van der Waals surface area (Å²) in [6, 6.07) is 8.22. The van der Waals surface area contributed by atoms with Gasteiger partial charge in [0.05, 0.1) is 0 Å². The van der Waals surface area contributed by atoms with Crippen LogP contribution >= 0.6 is 0 Å². The van der Waals surface area contributed by atoms with E-state index in [-0.39, 0.29) is 0 Å². The largest absolute Gasteiger partial charge is 0.399 e. The van der Waals surface area contributed by atoms with Crippen molar-refractivity contribution in [2.45, 2.75) is 32.6 Å². The van der Waals surface area contributed by atoms with Gasteiger partial charge < -0.3 is 10.7 Å². The van der Waals surface area contributed by atoms with Crippen LogP contribution in [0.3, 0.4) is 0 Å². The minimum atomic E-state index is 0.835. The molecule has 2 nitrogen and oxygen atoms in total. The highest BCUT2D eigenvalue weighted by Crippen LogP contribution is 2.19. The maximum absolute atomic E-state index is 5.74. The number of nitrogen functional groups attached to an aromatic ring is 1. The van der Waals surface area contributed by atoms with Crippen molar-refractivity contribution in [2.24, 2.45) is 0 Å². The minimum Gasteiger partial charge on any atom is -0.399 e. The molecule has 0 aliphatic carbocycles. The van der Waals surface area contributed by atoms with E-state index in [0.29, 0.717) is 0 Å². The summed E-state index contributed by atoms with van der Waals surface area (Å²) in [6.07, 6.45) is 4.98. The number of benzene rings is 1.